The fourth-order valence-corrected chi connectivity index (χ4v) is 3.59. The molecule has 0 spiro atoms. The molecule has 1 saturated heterocycles. The van der Waals surface area contributed by atoms with Crippen LogP contribution in [0.15, 0.2) is 36.2 Å². The molecule has 0 bridgehead atoms. The number of imide groups is 1. The lowest BCUT2D eigenvalue weighted by atomic mass is 10.1. The molecule has 1 aliphatic heterocycles. The minimum atomic E-state index is -0.392. The highest BCUT2D eigenvalue weighted by Crippen LogP contribution is 2.21. The fraction of sp³-hybridized carbons (Fsp3) is 0.417. The van der Waals surface area contributed by atoms with Crippen molar-refractivity contribution in [1.29, 1.82) is 0 Å². The van der Waals surface area contributed by atoms with Crippen LogP contribution < -0.4 is 5.32 Å². The summed E-state index contributed by atoms with van der Waals surface area (Å²) in [6.07, 6.45) is 8.06. The van der Waals surface area contributed by atoms with E-state index < -0.39 is 5.91 Å². The van der Waals surface area contributed by atoms with E-state index in [9.17, 15) is 14.4 Å². The summed E-state index contributed by atoms with van der Waals surface area (Å²) in [6, 6.07) is 6.85. The molecule has 32 heavy (non-hydrogen) atoms. The molecule has 0 saturated carbocycles. The van der Waals surface area contributed by atoms with Crippen LogP contribution in [0.25, 0.3) is 6.08 Å². The van der Waals surface area contributed by atoms with Crippen molar-refractivity contribution in [3.8, 4) is 0 Å². The van der Waals surface area contributed by atoms with Crippen LogP contribution in [0.4, 0.5) is 4.79 Å². The van der Waals surface area contributed by atoms with Crippen molar-refractivity contribution < 1.29 is 19.1 Å². The first-order chi connectivity index (χ1) is 15.5. The molecule has 1 N–H and O–H groups in total. The Kier molecular flexibility index (Phi) is 7.81. The number of unbranched alkanes of at least 4 members (excludes halogenated alkanes) is 2. The maximum absolute atomic E-state index is 12.4. The predicted octanol–water partition coefficient (Wildman–Crippen LogP) is 3.75. The lowest BCUT2D eigenvalue weighted by Gasteiger charge is -2.15. The van der Waals surface area contributed by atoms with E-state index in [1.54, 1.807) is 24.4 Å². The normalized spacial score (nSPS) is 14.8. The minimum absolute atomic E-state index is 0.340. The summed E-state index contributed by atoms with van der Waals surface area (Å²) in [5.74, 6) is 0.147. The Bertz CT molecular complexity index is 1010. The molecule has 3 rings (SSSR count). The SMILES string of the molecule is CCCCc1ncc(/C=C2/C(=O)NC(=O)N2CCCC)n1Cc1ccc(C(=O)OC)cc1. The number of rotatable bonds is 10. The van der Waals surface area contributed by atoms with Gasteiger partial charge in [-0.15, -0.1) is 0 Å². The molecule has 8 heteroatoms. The van der Waals surface area contributed by atoms with Crippen LogP contribution in [0.1, 0.15) is 67.0 Å². The number of carbonyl (C=O) groups excluding carboxylic acids is 3. The van der Waals surface area contributed by atoms with E-state index in [0.29, 0.717) is 24.4 Å². The van der Waals surface area contributed by atoms with Crippen molar-refractivity contribution in [2.24, 2.45) is 0 Å². The van der Waals surface area contributed by atoms with Gasteiger partial charge in [-0.3, -0.25) is 15.0 Å². The van der Waals surface area contributed by atoms with Gasteiger partial charge in [0.05, 0.1) is 24.6 Å². The van der Waals surface area contributed by atoms with Gasteiger partial charge in [-0.25, -0.2) is 14.6 Å². The van der Waals surface area contributed by atoms with Crippen molar-refractivity contribution in [3.63, 3.8) is 0 Å². The second-order valence-corrected chi connectivity index (χ2v) is 7.77. The zero-order valence-electron chi connectivity index (χ0n) is 18.9. The number of urea groups is 1. The summed E-state index contributed by atoms with van der Waals surface area (Å²) in [7, 11) is 1.36. The first-order valence-corrected chi connectivity index (χ1v) is 11.0. The Labute approximate surface area is 188 Å². The van der Waals surface area contributed by atoms with E-state index >= 15 is 0 Å². The van der Waals surface area contributed by atoms with Gasteiger partial charge in [0.25, 0.3) is 5.91 Å². The molecule has 3 amide bonds. The van der Waals surface area contributed by atoms with Crippen LogP contribution in [0.3, 0.4) is 0 Å². The molecule has 0 aliphatic carbocycles. The van der Waals surface area contributed by atoms with Gasteiger partial charge in [-0.1, -0.05) is 38.8 Å². The number of carbonyl (C=O) groups is 3. The van der Waals surface area contributed by atoms with Gasteiger partial charge < -0.3 is 9.30 Å². The average Bonchev–Trinajstić information content (AvgIpc) is 3.30. The number of nitrogens with one attached hydrogen (secondary N) is 1. The summed E-state index contributed by atoms with van der Waals surface area (Å²) in [4.78, 5) is 42.4. The second kappa shape index (κ2) is 10.7. The first-order valence-electron chi connectivity index (χ1n) is 11.0. The lowest BCUT2D eigenvalue weighted by molar-refractivity contribution is -0.116. The number of aryl methyl sites for hydroxylation is 1. The number of nitrogens with zero attached hydrogens (tertiary/aromatic N) is 3. The van der Waals surface area contributed by atoms with Crippen molar-refractivity contribution in [2.75, 3.05) is 13.7 Å². The molecule has 2 aromatic rings. The Hall–Kier alpha value is -3.42. The van der Waals surface area contributed by atoms with E-state index in [-0.39, 0.29) is 12.0 Å². The number of ether oxygens (including phenoxy) is 1. The second-order valence-electron chi connectivity index (χ2n) is 7.77. The number of hydrogen-bond acceptors (Lipinski definition) is 5. The molecule has 0 radical (unpaired) electrons. The molecule has 2 heterocycles. The van der Waals surface area contributed by atoms with Crippen LogP contribution in [0, 0.1) is 0 Å². The van der Waals surface area contributed by atoms with E-state index in [1.807, 2.05) is 19.1 Å². The summed E-state index contributed by atoms with van der Waals surface area (Å²) in [6.45, 7) is 5.19. The summed E-state index contributed by atoms with van der Waals surface area (Å²) in [5.41, 5.74) is 2.58. The molecule has 1 aromatic carbocycles. The van der Waals surface area contributed by atoms with E-state index in [1.165, 1.54) is 12.0 Å². The third kappa shape index (κ3) is 5.25. The summed E-state index contributed by atoms with van der Waals surface area (Å²) >= 11 is 0. The van der Waals surface area contributed by atoms with E-state index in [2.05, 4.69) is 21.8 Å². The maximum atomic E-state index is 12.4. The van der Waals surface area contributed by atoms with Gasteiger partial charge in [0.15, 0.2) is 0 Å². The topological polar surface area (TPSA) is 93.5 Å². The van der Waals surface area contributed by atoms with Crippen molar-refractivity contribution in [3.05, 3.63) is 58.8 Å². The van der Waals surface area contributed by atoms with Crippen molar-refractivity contribution in [2.45, 2.75) is 52.5 Å². The third-order valence-electron chi connectivity index (χ3n) is 5.45. The van der Waals surface area contributed by atoms with E-state index in [4.69, 9.17) is 4.74 Å². The van der Waals surface area contributed by atoms with Gasteiger partial charge in [-0.05, 0) is 36.6 Å². The molecule has 170 valence electrons. The average molecular weight is 439 g/mol. The number of benzene rings is 1. The van der Waals surface area contributed by atoms with Gasteiger partial charge in [-0.2, -0.15) is 0 Å². The fourth-order valence-electron chi connectivity index (χ4n) is 3.59. The van der Waals surface area contributed by atoms with Crippen LogP contribution in [-0.2, 0) is 22.5 Å². The Morgan fingerprint density at radius 3 is 2.50 bits per heavy atom. The van der Waals surface area contributed by atoms with Crippen LogP contribution in [0.2, 0.25) is 0 Å². The third-order valence-corrected chi connectivity index (χ3v) is 5.45. The van der Waals surface area contributed by atoms with Crippen LogP contribution in [0.5, 0.6) is 0 Å². The summed E-state index contributed by atoms with van der Waals surface area (Å²) in [5, 5.41) is 2.39. The highest BCUT2D eigenvalue weighted by Gasteiger charge is 2.32. The Balaban J connectivity index is 1.94. The maximum Gasteiger partial charge on any atom is 0.337 e. The number of amides is 3. The number of aromatic nitrogens is 2. The van der Waals surface area contributed by atoms with E-state index in [0.717, 1.165) is 49.2 Å². The smallest absolute Gasteiger partial charge is 0.337 e. The quantitative estimate of drug-likeness (QED) is 0.346. The highest BCUT2D eigenvalue weighted by molar-refractivity contribution is 6.13. The lowest BCUT2D eigenvalue weighted by Crippen LogP contribution is -2.28. The Morgan fingerprint density at radius 2 is 1.84 bits per heavy atom. The number of imidazole rings is 1. The molecular weight excluding hydrogens is 408 g/mol. The number of methoxy groups -OCH3 is 1. The number of esters is 1. The molecule has 1 aromatic heterocycles. The van der Waals surface area contributed by atoms with Crippen LogP contribution >= 0.6 is 0 Å². The van der Waals surface area contributed by atoms with Crippen molar-refractivity contribution >= 4 is 24.0 Å². The molecule has 0 unspecified atom stereocenters. The monoisotopic (exact) mass is 438 g/mol. The molecule has 8 nitrogen and oxygen atoms in total. The van der Waals surface area contributed by atoms with Crippen LogP contribution in [-0.4, -0.2) is 46.0 Å². The standard InChI is InChI=1S/C24H30N4O4/c1-4-6-8-21-25-15-19(14-20-22(29)26-24(31)27(20)13-7-5-2)28(21)16-17-9-11-18(12-10-17)23(30)32-3/h9-12,14-15H,4-8,13,16H2,1-3H3,(H,26,29,31)/b20-14-. The molecule has 1 fully saturated rings. The molecule has 0 atom stereocenters. The Morgan fingerprint density at radius 1 is 1.12 bits per heavy atom. The van der Waals surface area contributed by atoms with Gasteiger partial charge in [0.2, 0.25) is 0 Å². The zero-order valence-corrected chi connectivity index (χ0v) is 18.9. The van der Waals surface area contributed by atoms with Gasteiger partial charge in [0.1, 0.15) is 11.5 Å². The molecular formula is C24H30N4O4. The van der Waals surface area contributed by atoms with Gasteiger partial charge >= 0.3 is 12.0 Å². The van der Waals surface area contributed by atoms with Gasteiger partial charge in [0, 0.05) is 19.5 Å². The predicted molar refractivity (Wildman–Crippen MR) is 121 cm³/mol. The molecule has 1 aliphatic rings. The minimum Gasteiger partial charge on any atom is -0.465 e. The largest absolute Gasteiger partial charge is 0.465 e. The summed E-state index contributed by atoms with van der Waals surface area (Å²) < 4.78 is 6.82. The first kappa shape index (κ1) is 23.2. The highest BCUT2D eigenvalue weighted by atomic mass is 16.5. The zero-order chi connectivity index (χ0) is 23.1. The number of hydrogen-bond donors (Lipinski definition) is 1. The van der Waals surface area contributed by atoms with Crippen molar-refractivity contribution in [1.82, 2.24) is 19.8 Å².